The summed E-state index contributed by atoms with van der Waals surface area (Å²) in [7, 11) is 2.07. The van der Waals surface area contributed by atoms with Crippen molar-refractivity contribution < 1.29 is 9.53 Å². The molecule has 158 valence electrons. The number of nitrogens with zero attached hydrogens (tertiary/aromatic N) is 3. The number of benzene rings is 1. The van der Waals surface area contributed by atoms with Gasteiger partial charge in [-0.2, -0.15) is 0 Å². The second-order valence-electron chi connectivity index (χ2n) is 8.75. The van der Waals surface area contributed by atoms with Gasteiger partial charge in [-0.1, -0.05) is 0 Å². The van der Waals surface area contributed by atoms with Gasteiger partial charge in [-0.25, -0.2) is 9.97 Å². The van der Waals surface area contributed by atoms with E-state index in [4.69, 9.17) is 9.72 Å². The lowest BCUT2D eigenvalue weighted by Gasteiger charge is -2.45. The maximum Gasteiger partial charge on any atom is 0.253 e. The Morgan fingerprint density at radius 3 is 2.71 bits per heavy atom. The Labute approximate surface area is 180 Å². The first-order valence-corrected chi connectivity index (χ1v) is 10.9. The maximum absolute atomic E-state index is 13.1. The van der Waals surface area contributed by atoms with Gasteiger partial charge < -0.3 is 19.9 Å². The van der Waals surface area contributed by atoms with Crippen LogP contribution in [0.15, 0.2) is 30.5 Å². The molecule has 0 unspecified atom stereocenters. The number of carbonyl (C=O) groups is 1. The van der Waals surface area contributed by atoms with Gasteiger partial charge in [0.15, 0.2) is 5.82 Å². The van der Waals surface area contributed by atoms with Crippen molar-refractivity contribution in [1.29, 1.82) is 0 Å². The summed E-state index contributed by atoms with van der Waals surface area (Å²) in [4.78, 5) is 22.7. The molecular formula is C24H25N5O2. The van der Waals surface area contributed by atoms with Gasteiger partial charge in [0.2, 0.25) is 0 Å². The third kappa shape index (κ3) is 2.73. The highest BCUT2D eigenvalue weighted by molar-refractivity contribution is 6.01. The Kier molecular flexibility index (Phi) is 3.99. The Hall–Kier alpha value is -3.19. The van der Waals surface area contributed by atoms with Crippen molar-refractivity contribution in [3.05, 3.63) is 52.8 Å². The molecule has 6 rings (SSSR count). The summed E-state index contributed by atoms with van der Waals surface area (Å²) in [6, 6.07) is 7.88. The van der Waals surface area contributed by atoms with Crippen LogP contribution in [-0.2, 0) is 26.3 Å². The van der Waals surface area contributed by atoms with Gasteiger partial charge in [0, 0.05) is 44.0 Å². The van der Waals surface area contributed by atoms with Crippen LogP contribution in [0.3, 0.4) is 0 Å². The molecular weight excluding hydrogens is 390 g/mol. The number of hydrogen-bond acceptors (Lipinski definition) is 5. The van der Waals surface area contributed by atoms with Gasteiger partial charge in [-0.3, -0.25) is 4.79 Å². The fraction of sp³-hybridized carbons (Fsp3) is 0.375. The van der Waals surface area contributed by atoms with Gasteiger partial charge >= 0.3 is 0 Å². The van der Waals surface area contributed by atoms with E-state index in [9.17, 15) is 4.79 Å². The lowest BCUT2D eigenvalue weighted by Crippen LogP contribution is -2.71. The summed E-state index contributed by atoms with van der Waals surface area (Å²) in [5.41, 5.74) is 7.09. The van der Waals surface area contributed by atoms with Crippen LogP contribution in [0.25, 0.3) is 22.8 Å². The summed E-state index contributed by atoms with van der Waals surface area (Å²) >= 11 is 0. The van der Waals surface area contributed by atoms with Gasteiger partial charge in [0.25, 0.3) is 5.91 Å². The van der Waals surface area contributed by atoms with Crippen molar-refractivity contribution in [2.24, 2.45) is 7.05 Å². The number of hydrogen-bond donors (Lipinski definition) is 2. The number of carbonyl (C=O) groups excluding carboxylic acids is 1. The molecule has 1 aliphatic carbocycles. The normalized spacial score (nSPS) is 17.9. The average molecular weight is 415 g/mol. The number of amides is 1. The standard InChI is InChI=1S/C24H25N5O2/c1-3-31-16-7-4-14(5-8-16)22-26-11-15-6-9-17-19-18(29(2)21(17)20(15)27-22)10-24(12-25-13-24)28-23(19)30/h4-5,7-8,11,25H,3,6,9-10,12-13H2,1-2H3,(H,28,30). The van der Waals surface area contributed by atoms with Crippen LogP contribution in [0.4, 0.5) is 0 Å². The van der Waals surface area contributed by atoms with Gasteiger partial charge in [0.05, 0.1) is 29.1 Å². The van der Waals surface area contributed by atoms with Crippen molar-refractivity contribution in [1.82, 2.24) is 25.2 Å². The molecule has 7 heteroatoms. The second kappa shape index (κ2) is 6.65. The lowest BCUT2D eigenvalue weighted by atomic mass is 9.81. The molecule has 7 nitrogen and oxygen atoms in total. The number of ether oxygens (including phenoxy) is 1. The lowest BCUT2D eigenvalue weighted by molar-refractivity contribution is 0.0824. The number of fused-ring (bicyclic) bond motifs is 5. The van der Waals surface area contributed by atoms with Crippen LogP contribution in [0, 0.1) is 0 Å². The Morgan fingerprint density at radius 2 is 2.00 bits per heavy atom. The van der Waals surface area contributed by atoms with Crippen molar-refractivity contribution in [2.75, 3.05) is 19.7 Å². The average Bonchev–Trinajstić information content (AvgIpc) is 3.06. The third-order valence-electron chi connectivity index (χ3n) is 6.81. The highest BCUT2D eigenvalue weighted by Gasteiger charge is 2.46. The monoisotopic (exact) mass is 415 g/mol. The number of rotatable bonds is 3. The van der Waals surface area contributed by atoms with Crippen molar-refractivity contribution >= 4 is 5.91 Å². The molecule has 1 fully saturated rings. The van der Waals surface area contributed by atoms with Crippen molar-refractivity contribution in [3.63, 3.8) is 0 Å². The Balaban J connectivity index is 1.45. The van der Waals surface area contributed by atoms with E-state index in [1.54, 1.807) is 0 Å². The molecule has 0 atom stereocenters. The minimum absolute atomic E-state index is 0.0591. The van der Waals surface area contributed by atoms with Gasteiger partial charge in [0.1, 0.15) is 5.75 Å². The van der Waals surface area contributed by atoms with Crippen LogP contribution in [0.1, 0.15) is 34.1 Å². The number of nitrogens with one attached hydrogen (secondary N) is 2. The van der Waals surface area contributed by atoms with Gasteiger partial charge in [-0.05, 0) is 55.2 Å². The molecule has 1 aromatic carbocycles. The zero-order valence-electron chi connectivity index (χ0n) is 17.8. The van der Waals surface area contributed by atoms with Crippen molar-refractivity contribution in [3.8, 4) is 28.5 Å². The maximum atomic E-state index is 13.1. The SMILES string of the molecule is CCOc1ccc(-c2ncc3c(n2)-c2c(c4c(n2C)CC2(CNC2)NC4=O)CC3)cc1. The van der Waals surface area contributed by atoms with Crippen molar-refractivity contribution in [2.45, 2.75) is 31.7 Å². The molecule has 31 heavy (non-hydrogen) atoms. The minimum Gasteiger partial charge on any atom is -0.494 e. The molecule has 1 amide bonds. The molecule has 0 radical (unpaired) electrons. The fourth-order valence-corrected chi connectivity index (χ4v) is 5.19. The van der Waals surface area contributed by atoms with E-state index in [1.807, 2.05) is 37.4 Å². The summed E-state index contributed by atoms with van der Waals surface area (Å²) in [6.07, 6.45) is 4.50. The zero-order chi connectivity index (χ0) is 21.2. The third-order valence-corrected chi connectivity index (χ3v) is 6.81. The van der Waals surface area contributed by atoms with E-state index >= 15 is 0 Å². The highest BCUT2D eigenvalue weighted by Crippen LogP contribution is 2.40. The Bertz CT molecular complexity index is 1210. The van der Waals surface area contributed by atoms with E-state index in [1.165, 1.54) is 0 Å². The summed E-state index contributed by atoms with van der Waals surface area (Å²) in [5.74, 6) is 1.59. The van der Waals surface area contributed by atoms with Crippen LogP contribution in [0.2, 0.25) is 0 Å². The quantitative estimate of drug-likeness (QED) is 0.686. The smallest absolute Gasteiger partial charge is 0.253 e. The summed E-state index contributed by atoms with van der Waals surface area (Å²) in [6.45, 7) is 4.27. The van der Waals surface area contributed by atoms with E-state index in [-0.39, 0.29) is 11.4 Å². The fourth-order valence-electron chi connectivity index (χ4n) is 5.19. The van der Waals surface area contributed by atoms with E-state index < -0.39 is 0 Å². The zero-order valence-corrected chi connectivity index (χ0v) is 17.8. The number of aryl methyl sites for hydroxylation is 1. The van der Waals surface area contributed by atoms with E-state index in [2.05, 4.69) is 27.2 Å². The second-order valence-corrected chi connectivity index (χ2v) is 8.75. The molecule has 2 aromatic heterocycles. The molecule has 3 aliphatic rings. The molecule has 2 N–H and O–H groups in total. The minimum atomic E-state index is -0.138. The van der Waals surface area contributed by atoms with Crippen LogP contribution in [0.5, 0.6) is 5.75 Å². The molecule has 2 aliphatic heterocycles. The largest absolute Gasteiger partial charge is 0.494 e. The van der Waals surface area contributed by atoms with Gasteiger partial charge in [-0.15, -0.1) is 0 Å². The predicted octanol–water partition coefficient (Wildman–Crippen LogP) is 2.27. The topological polar surface area (TPSA) is 81.1 Å². The first kappa shape index (κ1) is 18.6. The van der Waals surface area contributed by atoms with E-state index in [0.29, 0.717) is 12.4 Å². The summed E-state index contributed by atoms with van der Waals surface area (Å²) < 4.78 is 7.76. The highest BCUT2D eigenvalue weighted by atomic mass is 16.5. The Morgan fingerprint density at radius 1 is 1.19 bits per heavy atom. The van der Waals surface area contributed by atoms with E-state index in [0.717, 1.165) is 77.4 Å². The number of aromatic nitrogens is 3. The molecule has 0 bridgehead atoms. The van der Waals surface area contributed by atoms with Crippen LogP contribution >= 0.6 is 0 Å². The molecule has 1 spiro atoms. The van der Waals surface area contributed by atoms with Crippen LogP contribution in [-0.4, -0.2) is 45.7 Å². The first-order chi connectivity index (χ1) is 15.1. The van der Waals surface area contributed by atoms with Crippen LogP contribution < -0.4 is 15.4 Å². The predicted molar refractivity (Wildman–Crippen MR) is 117 cm³/mol. The first-order valence-electron chi connectivity index (χ1n) is 10.9. The molecule has 1 saturated heterocycles. The summed E-state index contributed by atoms with van der Waals surface area (Å²) in [5, 5.41) is 6.57. The molecule has 0 saturated carbocycles. The molecule has 3 aromatic rings. The molecule has 4 heterocycles.